The third kappa shape index (κ3) is 5.12. The molecule has 1 fully saturated rings. The number of methoxy groups -OCH3 is 1. The largest absolute Gasteiger partial charge is 0.493 e. The van der Waals surface area contributed by atoms with Crippen LogP contribution in [-0.4, -0.2) is 30.1 Å². The Morgan fingerprint density at radius 3 is 2.61 bits per heavy atom. The fourth-order valence-electron chi connectivity index (χ4n) is 2.99. The predicted molar refractivity (Wildman–Crippen MR) is 108 cm³/mol. The minimum absolute atomic E-state index is 0.0438. The number of nitrogens with zero attached hydrogens (tertiary/aromatic N) is 1. The van der Waals surface area contributed by atoms with Gasteiger partial charge in [0.15, 0.2) is 11.5 Å². The number of halogens is 1. The highest BCUT2D eigenvalue weighted by atomic mass is 19.1. The van der Waals surface area contributed by atoms with Crippen LogP contribution < -0.4 is 9.47 Å². The zero-order valence-corrected chi connectivity index (χ0v) is 16.5. The first-order valence-electron chi connectivity index (χ1n) is 9.54. The van der Waals surface area contributed by atoms with Gasteiger partial charge in [0.25, 0.3) is 0 Å². The Labute approximate surface area is 165 Å². The number of carbonyl (C=O) groups is 1. The first-order valence-corrected chi connectivity index (χ1v) is 9.54. The van der Waals surface area contributed by atoms with Crippen LogP contribution in [0.2, 0.25) is 0 Å². The molecule has 0 heterocycles. The highest BCUT2D eigenvalue weighted by molar-refractivity contribution is 5.92. The normalized spacial score (nSPS) is 13.8. The van der Waals surface area contributed by atoms with Crippen LogP contribution in [0.25, 0.3) is 6.08 Å². The van der Waals surface area contributed by atoms with Gasteiger partial charge >= 0.3 is 0 Å². The summed E-state index contributed by atoms with van der Waals surface area (Å²) in [5.74, 6) is 0.886. The van der Waals surface area contributed by atoms with Crippen LogP contribution in [0, 0.1) is 5.82 Å². The zero-order chi connectivity index (χ0) is 20.1. The smallest absolute Gasteiger partial charge is 0.247 e. The molecule has 148 valence electrons. The molecule has 2 aromatic carbocycles. The molecule has 5 heteroatoms. The first kappa shape index (κ1) is 19.9. The standard InChI is InChI=1S/C23H26FNO3/c1-16(2)28-21-12-8-17(14-22(21)27-3)9-13-23(26)25(19-10-11-19)15-18-6-4-5-7-20(18)24/h4-9,12-14,16,19H,10-11,15H2,1-3H3/b13-9+. The Bertz CT molecular complexity index is 859. The molecule has 0 aliphatic heterocycles. The quantitative estimate of drug-likeness (QED) is 0.613. The van der Waals surface area contributed by atoms with Crippen LogP contribution in [0.3, 0.4) is 0 Å². The van der Waals surface area contributed by atoms with E-state index >= 15 is 0 Å². The summed E-state index contributed by atoms with van der Waals surface area (Å²) in [6.45, 7) is 4.19. The lowest BCUT2D eigenvalue weighted by molar-refractivity contribution is -0.127. The van der Waals surface area contributed by atoms with E-state index in [2.05, 4.69) is 0 Å². The van der Waals surface area contributed by atoms with E-state index in [-0.39, 0.29) is 30.4 Å². The number of hydrogen-bond acceptors (Lipinski definition) is 3. The van der Waals surface area contributed by atoms with Crippen LogP contribution in [0.4, 0.5) is 4.39 Å². The van der Waals surface area contributed by atoms with Crippen molar-refractivity contribution in [3.8, 4) is 11.5 Å². The first-order chi connectivity index (χ1) is 13.5. The van der Waals surface area contributed by atoms with Crippen molar-refractivity contribution in [1.82, 2.24) is 4.90 Å². The van der Waals surface area contributed by atoms with Crippen LogP contribution >= 0.6 is 0 Å². The molecule has 1 amide bonds. The monoisotopic (exact) mass is 383 g/mol. The Morgan fingerprint density at radius 2 is 1.96 bits per heavy atom. The van der Waals surface area contributed by atoms with Crippen molar-refractivity contribution >= 4 is 12.0 Å². The number of benzene rings is 2. The minimum atomic E-state index is -0.282. The SMILES string of the molecule is COc1cc(/C=C/C(=O)N(Cc2ccccc2F)C2CC2)ccc1OC(C)C. The minimum Gasteiger partial charge on any atom is -0.493 e. The lowest BCUT2D eigenvalue weighted by Crippen LogP contribution is -2.31. The molecular weight excluding hydrogens is 357 g/mol. The second kappa shape index (κ2) is 8.91. The highest BCUT2D eigenvalue weighted by Gasteiger charge is 2.32. The maximum absolute atomic E-state index is 14.0. The van der Waals surface area contributed by atoms with Gasteiger partial charge in [-0.05, 0) is 56.5 Å². The molecule has 0 spiro atoms. The van der Waals surface area contributed by atoms with E-state index in [0.29, 0.717) is 17.1 Å². The van der Waals surface area contributed by atoms with Crippen molar-refractivity contribution in [2.45, 2.75) is 45.4 Å². The molecule has 1 saturated carbocycles. The van der Waals surface area contributed by atoms with E-state index in [4.69, 9.17) is 9.47 Å². The predicted octanol–water partition coefficient (Wildman–Crippen LogP) is 4.83. The van der Waals surface area contributed by atoms with Crippen molar-refractivity contribution in [3.05, 3.63) is 65.5 Å². The van der Waals surface area contributed by atoms with Gasteiger partial charge in [0.1, 0.15) is 5.82 Å². The van der Waals surface area contributed by atoms with E-state index in [1.165, 1.54) is 12.1 Å². The van der Waals surface area contributed by atoms with Crippen molar-refractivity contribution in [3.63, 3.8) is 0 Å². The summed E-state index contributed by atoms with van der Waals surface area (Å²) in [4.78, 5) is 14.5. The van der Waals surface area contributed by atoms with Gasteiger partial charge in [-0.15, -0.1) is 0 Å². The summed E-state index contributed by atoms with van der Waals surface area (Å²) in [6, 6.07) is 12.3. The van der Waals surface area contributed by atoms with Crippen molar-refractivity contribution in [2.24, 2.45) is 0 Å². The van der Waals surface area contributed by atoms with Gasteiger partial charge in [-0.25, -0.2) is 4.39 Å². The number of amides is 1. The molecule has 1 aliphatic rings. The van der Waals surface area contributed by atoms with Crippen molar-refractivity contribution in [1.29, 1.82) is 0 Å². The summed E-state index contributed by atoms with van der Waals surface area (Å²) in [5, 5.41) is 0. The highest BCUT2D eigenvalue weighted by Crippen LogP contribution is 2.31. The molecule has 0 radical (unpaired) electrons. The number of carbonyl (C=O) groups excluding carboxylic acids is 1. The molecule has 0 atom stereocenters. The molecule has 0 N–H and O–H groups in total. The Balaban J connectivity index is 1.73. The second-order valence-electron chi connectivity index (χ2n) is 7.20. The van der Waals surface area contributed by atoms with Crippen molar-refractivity contribution in [2.75, 3.05) is 7.11 Å². The molecule has 28 heavy (non-hydrogen) atoms. The van der Waals surface area contributed by atoms with Crippen molar-refractivity contribution < 1.29 is 18.7 Å². The Morgan fingerprint density at radius 1 is 1.21 bits per heavy atom. The third-order valence-corrected chi connectivity index (χ3v) is 4.54. The van der Waals surface area contributed by atoms with Gasteiger partial charge in [0.2, 0.25) is 5.91 Å². The van der Waals surface area contributed by atoms with E-state index in [0.717, 1.165) is 18.4 Å². The number of hydrogen-bond donors (Lipinski definition) is 0. The average molecular weight is 383 g/mol. The molecule has 0 aromatic heterocycles. The maximum Gasteiger partial charge on any atom is 0.247 e. The van der Waals surface area contributed by atoms with Gasteiger partial charge in [0, 0.05) is 24.2 Å². The molecule has 0 saturated heterocycles. The molecule has 1 aliphatic carbocycles. The van der Waals surface area contributed by atoms with Gasteiger partial charge in [-0.1, -0.05) is 24.3 Å². The summed E-state index contributed by atoms with van der Waals surface area (Å²) in [6.07, 6.45) is 5.26. The maximum atomic E-state index is 14.0. The van der Waals surface area contributed by atoms with Gasteiger partial charge in [-0.2, -0.15) is 0 Å². The van der Waals surface area contributed by atoms with E-state index in [1.54, 1.807) is 36.3 Å². The molecule has 4 nitrogen and oxygen atoms in total. The van der Waals surface area contributed by atoms with Crippen LogP contribution in [0.5, 0.6) is 11.5 Å². The molecule has 0 bridgehead atoms. The average Bonchev–Trinajstić information content (AvgIpc) is 3.51. The Hall–Kier alpha value is -2.82. The topological polar surface area (TPSA) is 38.8 Å². The molecular formula is C23H26FNO3. The lowest BCUT2D eigenvalue weighted by Gasteiger charge is -2.21. The van der Waals surface area contributed by atoms with E-state index in [9.17, 15) is 9.18 Å². The summed E-state index contributed by atoms with van der Waals surface area (Å²) in [5.41, 5.74) is 1.37. The summed E-state index contributed by atoms with van der Waals surface area (Å²) in [7, 11) is 1.59. The summed E-state index contributed by atoms with van der Waals surface area (Å²) < 4.78 is 25.1. The third-order valence-electron chi connectivity index (χ3n) is 4.54. The number of rotatable bonds is 8. The van der Waals surface area contributed by atoms with Gasteiger partial charge < -0.3 is 14.4 Å². The molecule has 2 aromatic rings. The molecule has 0 unspecified atom stereocenters. The molecule has 3 rings (SSSR count). The fraction of sp³-hybridized carbons (Fsp3) is 0.348. The zero-order valence-electron chi connectivity index (χ0n) is 16.5. The second-order valence-corrected chi connectivity index (χ2v) is 7.20. The van der Waals surface area contributed by atoms with Crippen LogP contribution in [-0.2, 0) is 11.3 Å². The van der Waals surface area contributed by atoms with Crippen LogP contribution in [0.1, 0.15) is 37.8 Å². The van der Waals surface area contributed by atoms with E-state index in [1.807, 2.05) is 32.0 Å². The lowest BCUT2D eigenvalue weighted by atomic mass is 10.1. The Kier molecular flexibility index (Phi) is 6.34. The summed E-state index contributed by atoms with van der Waals surface area (Å²) >= 11 is 0. The van der Waals surface area contributed by atoms with E-state index < -0.39 is 0 Å². The number of ether oxygens (including phenoxy) is 2. The fourth-order valence-corrected chi connectivity index (χ4v) is 2.99. The van der Waals surface area contributed by atoms with Gasteiger partial charge in [-0.3, -0.25) is 4.79 Å². The van der Waals surface area contributed by atoms with Crippen LogP contribution in [0.15, 0.2) is 48.5 Å². The van der Waals surface area contributed by atoms with Gasteiger partial charge in [0.05, 0.1) is 13.2 Å².